The summed E-state index contributed by atoms with van der Waals surface area (Å²) in [7, 11) is 2.07. The van der Waals surface area contributed by atoms with Crippen molar-refractivity contribution >= 4 is 5.69 Å². The summed E-state index contributed by atoms with van der Waals surface area (Å²) in [6, 6.07) is 5.01. The molecule has 4 rings (SSSR count). The van der Waals surface area contributed by atoms with Crippen molar-refractivity contribution in [1.29, 1.82) is 0 Å². The Kier molecular flexibility index (Phi) is 5.10. The van der Waals surface area contributed by atoms with E-state index in [0.717, 1.165) is 37.4 Å². The van der Waals surface area contributed by atoms with Crippen molar-refractivity contribution in [3.8, 4) is 22.8 Å². The maximum Gasteiger partial charge on any atom is 0.258 e. The van der Waals surface area contributed by atoms with Gasteiger partial charge < -0.3 is 19.4 Å². The molecule has 3 aromatic rings. The van der Waals surface area contributed by atoms with E-state index in [4.69, 9.17) is 9.63 Å². The smallest absolute Gasteiger partial charge is 0.258 e. The van der Waals surface area contributed by atoms with E-state index < -0.39 is 0 Å². The average Bonchev–Trinajstić information content (AvgIpc) is 3.29. The molecule has 0 saturated carbocycles. The van der Waals surface area contributed by atoms with Crippen LogP contribution in [0.5, 0.6) is 0 Å². The summed E-state index contributed by atoms with van der Waals surface area (Å²) < 4.78 is 21.7. The van der Waals surface area contributed by atoms with Gasteiger partial charge in [-0.05, 0) is 32.2 Å². The second kappa shape index (κ2) is 7.69. The van der Waals surface area contributed by atoms with Crippen molar-refractivity contribution in [1.82, 2.24) is 24.8 Å². The molecule has 0 spiro atoms. The Morgan fingerprint density at radius 3 is 2.71 bits per heavy atom. The molecule has 0 unspecified atom stereocenters. The minimum atomic E-state index is -0.297. The van der Waals surface area contributed by atoms with Crippen LogP contribution in [0.1, 0.15) is 5.69 Å². The molecule has 0 atom stereocenters. The van der Waals surface area contributed by atoms with Crippen LogP contribution in [0.15, 0.2) is 28.9 Å². The Bertz CT molecular complexity index is 961. The fraction of sp³-hybridized carbons (Fsp3) is 0.421. The molecule has 9 heteroatoms. The Balaban J connectivity index is 1.56. The second-order valence-electron chi connectivity index (χ2n) is 6.99. The predicted octanol–water partition coefficient (Wildman–Crippen LogP) is 1.79. The Hall–Kier alpha value is -2.78. The molecule has 0 aliphatic carbocycles. The second-order valence-corrected chi connectivity index (χ2v) is 6.99. The molecule has 3 heterocycles. The van der Waals surface area contributed by atoms with E-state index in [1.165, 1.54) is 6.07 Å². The first kappa shape index (κ1) is 18.6. The molecule has 1 saturated heterocycles. The highest BCUT2D eigenvalue weighted by Gasteiger charge is 2.20. The summed E-state index contributed by atoms with van der Waals surface area (Å²) in [5, 5.41) is 17.4. The minimum absolute atomic E-state index is 0.00299. The Morgan fingerprint density at radius 1 is 1.21 bits per heavy atom. The van der Waals surface area contributed by atoms with Gasteiger partial charge in [0.1, 0.15) is 5.82 Å². The van der Waals surface area contributed by atoms with Crippen LogP contribution in [0.3, 0.4) is 0 Å². The first-order valence-corrected chi connectivity index (χ1v) is 9.27. The minimum Gasteiger partial charge on any atom is -0.394 e. The molecular weight excluding hydrogens is 363 g/mol. The van der Waals surface area contributed by atoms with E-state index in [1.807, 2.05) is 6.92 Å². The number of aliphatic hydroxyl groups excluding tert-OH is 1. The highest BCUT2D eigenvalue weighted by atomic mass is 19.1. The van der Waals surface area contributed by atoms with Crippen molar-refractivity contribution in [3.63, 3.8) is 0 Å². The molecule has 1 aromatic carbocycles. The largest absolute Gasteiger partial charge is 0.394 e. The fourth-order valence-electron chi connectivity index (χ4n) is 3.35. The number of benzene rings is 1. The van der Waals surface area contributed by atoms with Crippen LogP contribution in [0.2, 0.25) is 0 Å². The molecule has 148 valence electrons. The normalized spacial score (nSPS) is 15.4. The third kappa shape index (κ3) is 3.63. The van der Waals surface area contributed by atoms with Crippen molar-refractivity contribution in [2.75, 3.05) is 44.7 Å². The molecule has 1 aliphatic rings. The van der Waals surface area contributed by atoms with Crippen molar-refractivity contribution in [3.05, 3.63) is 35.9 Å². The molecule has 1 fully saturated rings. The molecule has 1 N–H and O–H groups in total. The first-order valence-electron chi connectivity index (χ1n) is 9.27. The van der Waals surface area contributed by atoms with Gasteiger partial charge in [-0.25, -0.2) is 4.39 Å². The zero-order valence-electron chi connectivity index (χ0n) is 16.0. The quantitative estimate of drug-likeness (QED) is 0.716. The summed E-state index contributed by atoms with van der Waals surface area (Å²) in [5.74, 6) is 0.349. The molecule has 8 nitrogen and oxygen atoms in total. The van der Waals surface area contributed by atoms with Gasteiger partial charge in [0.05, 0.1) is 30.1 Å². The van der Waals surface area contributed by atoms with Gasteiger partial charge in [-0.1, -0.05) is 5.16 Å². The van der Waals surface area contributed by atoms with Crippen LogP contribution in [0.4, 0.5) is 10.1 Å². The van der Waals surface area contributed by atoms with Crippen LogP contribution >= 0.6 is 0 Å². The van der Waals surface area contributed by atoms with Gasteiger partial charge in [0.2, 0.25) is 5.82 Å². The highest BCUT2D eigenvalue weighted by Crippen LogP contribution is 2.28. The number of hydrogen-bond donors (Lipinski definition) is 1. The number of aryl methyl sites for hydroxylation is 1. The molecule has 28 heavy (non-hydrogen) atoms. The standard InChI is InChI=1S/C19H23FN6O2/c1-13-15(12-26(22-13)9-10-27)18-21-19(28-23-18)14-3-4-17(16(20)11-14)25-7-5-24(2)6-8-25/h3-4,11-12,27H,5-10H2,1-2H3. The zero-order valence-corrected chi connectivity index (χ0v) is 16.0. The number of hydrogen-bond acceptors (Lipinski definition) is 7. The molecule has 0 bridgehead atoms. The van der Waals surface area contributed by atoms with E-state index in [2.05, 4.69) is 32.1 Å². The topological polar surface area (TPSA) is 83.4 Å². The lowest BCUT2D eigenvalue weighted by molar-refractivity contribution is 0.269. The summed E-state index contributed by atoms with van der Waals surface area (Å²) in [4.78, 5) is 8.68. The Morgan fingerprint density at radius 2 is 2.00 bits per heavy atom. The summed E-state index contributed by atoms with van der Waals surface area (Å²) in [6.45, 7) is 5.66. The van der Waals surface area contributed by atoms with Gasteiger partial charge >= 0.3 is 0 Å². The maximum absolute atomic E-state index is 14.7. The third-order valence-electron chi connectivity index (χ3n) is 4.98. The highest BCUT2D eigenvalue weighted by molar-refractivity contribution is 5.63. The lowest BCUT2D eigenvalue weighted by atomic mass is 10.1. The predicted molar refractivity (Wildman–Crippen MR) is 102 cm³/mol. The summed E-state index contributed by atoms with van der Waals surface area (Å²) in [6.07, 6.45) is 1.76. The van der Waals surface area contributed by atoms with Crippen LogP contribution < -0.4 is 4.90 Å². The fourth-order valence-corrected chi connectivity index (χ4v) is 3.35. The van der Waals surface area contributed by atoms with Gasteiger partial charge in [0.25, 0.3) is 5.89 Å². The van der Waals surface area contributed by atoms with Crippen molar-refractivity contribution in [2.45, 2.75) is 13.5 Å². The van der Waals surface area contributed by atoms with Crippen LogP contribution in [0.25, 0.3) is 22.8 Å². The zero-order chi connectivity index (χ0) is 19.7. The van der Waals surface area contributed by atoms with Crippen molar-refractivity contribution in [2.24, 2.45) is 0 Å². The lowest BCUT2D eigenvalue weighted by Gasteiger charge is -2.34. The van der Waals surface area contributed by atoms with Crippen LogP contribution in [0, 0.1) is 12.7 Å². The van der Waals surface area contributed by atoms with Crippen LogP contribution in [-0.4, -0.2) is 69.8 Å². The van der Waals surface area contributed by atoms with Gasteiger partial charge in [0, 0.05) is 37.9 Å². The monoisotopic (exact) mass is 386 g/mol. The summed E-state index contributed by atoms with van der Waals surface area (Å²) in [5.41, 5.74) is 2.59. The van der Waals surface area contributed by atoms with Gasteiger partial charge in [-0.3, -0.25) is 4.68 Å². The van der Waals surface area contributed by atoms with Gasteiger partial charge in [0.15, 0.2) is 0 Å². The number of rotatable bonds is 5. The number of aromatic nitrogens is 4. The molecular formula is C19H23FN6O2. The number of halogens is 1. The van der Waals surface area contributed by atoms with E-state index in [-0.39, 0.29) is 18.3 Å². The number of nitrogens with zero attached hydrogens (tertiary/aromatic N) is 6. The SMILES string of the molecule is Cc1nn(CCO)cc1-c1noc(-c2ccc(N3CCN(C)CC3)c(F)c2)n1. The number of likely N-dealkylation sites (N-methyl/N-ethyl adjacent to an activating group) is 1. The van der Waals surface area contributed by atoms with E-state index >= 15 is 0 Å². The van der Waals surface area contributed by atoms with Gasteiger partial charge in [-0.2, -0.15) is 10.1 Å². The molecule has 2 aromatic heterocycles. The number of piperazine rings is 1. The van der Waals surface area contributed by atoms with E-state index in [9.17, 15) is 4.39 Å². The van der Waals surface area contributed by atoms with Crippen molar-refractivity contribution < 1.29 is 14.0 Å². The molecule has 1 aliphatic heterocycles. The lowest BCUT2D eigenvalue weighted by Crippen LogP contribution is -2.44. The number of aliphatic hydroxyl groups is 1. The summed E-state index contributed by atoms with van der Waals surface area (Å²) >= 11 is 0. The Labute approximate surface area is 162 Å². The maximum atomic E-state index is 14.7. The molecule has 0 amide bonds. The van der Waals surface area contributed by atoms with Crippen LogP contribution in [-0.2, 0) is 6.54 Å². The molecule has 0 radical (unpaired) electrons. The number of anilines is 1. The van der Waals surface area contributed by atoms with Gasteiger partial charge in [-0.15, -0.1) is 0 Å². The third-order valence-corrected chi connectivity index (χ3v) is 4.98. The average molecular weight is 386 g/mol. The van der Waals surface area contributed by atoms with E-state index in [1.54, 1.807) is 23.0 Å². The first-order chi connectivity index (χ1) is 13.5. The van der Waals surface area contributed by atoms with E-state index in [0.29, 0.717) is 23.6 Å².